The molecule has 3 rings (SSSR count). The molecular formula is C19H26Cl2N4O. The van der Waals surface area contributed by atoms with Gasteiger partial charge >= 0.3 is 0 Å². The Hall–Kier alpha value is -1.56. The van der Waals surface area contributed by atoms with E-state index in [9.17, 15) is 4.79 Å². The Balaban J connectivity index is 0.00000243. The number of nitrogens with zero attached hydrogens (tertiary/aromatic N) is 2. The quantitative estimate of drug-likeness (QED) is 0.759. The summed E-state index contributed by atoms with van der Waals surface area (Å²) >= 11 is 6.01. The average Bonchev–Trinajstić information content (AvgIpc) is 2.81. The summed E-state index contributed by atoms with van der Waals surface area (Å²) in [5.41, 5.74) is 3.77. The Kier molecular flexibility index (Phi) is 7.50. The number of hydrogen-bond donors (Lipinski definition) is 2. The third kappa shape index (κ3) is 4.58. The third-order valence-electron chi connectivity index (χ3n) is 4.78. The Morgan fingerprint density at radius 3 is 2.62 bits per heavy atom. The number of carbonyl (C=O) groups is 1. The van der Waals surface area contributed by atoms with Crippen LogP contribution in [0.25, 0.3) is 5.69 Å². The van der Waals surface area contributed by atoms with Crippen molar-refractivity contribution in [3.05, 3.63) is 46.2 Å². The Morgan fingerprint density at radius 1 is 1.23 bits per heavy atom. The Bertz CT molecular complexity index is 743. The molecule has 142 valence electrons. The SMILES string of the molecule is CNC(C)CNC(=O)c1nn(-c2ccc(Cl)cc2)c2c1CCCCC2.Cl. The van der Waals surface area contributed by atoms with Crippen LogP contribution in [0.1, 0.15) is 47.9 Å². The van der Waals surface area contributed by atoms with E-state index in [-0.39, 0.29) is 24.4 Å². The lowest BCUT2D eigenvalue weighted by molar-refractivity contribution is 0.0944. The van der Waals surface area contributed by atoms with E-state index in [1.54, 1.807) is 0 Å². The first-order valence-electron chi connectivity index (χ1n) is 8.92. The van der Waals surface area contributed by atoms with Gasteiger partial charge in [0.25, 0.3) is 5.91 Å². The van der Waals surface area contributed by atoms with Gasteiger partial charge in [-0.2, -0.15) is 5.10 Å². The van der Waals surface area contributed by atoms with Crippen LogP contribution in [-0.2, 0) is 12.8 Å². The molecular weight excluding hydrogens is 371 g/mol. The highest BCUT2D eigenvalue weighted by atomic mass is 35.5. The zero-order chi connectivity index (χ0) is 17.8. The molecule has 1 atom stereocenters. The first kappa shape index (κ1) is 20.7. The van der Waals surface area contributed by atoms with Gasteiger partial charge in [0.2, 0.25) is 0 Å². The highest BCUT2D eigenvalue weighted by Gasteiger charge is 2.24. The maximum Gasteiger partial charge on any atom is 0.272 e. The second-order valence-corrected chi connectivity index (χ2v) is 7.06. The lowest BCUT2D eigenvalue weighted by Crippen LogP contribution is -2.37. The molecule has 1 aromatic carbocycles. The van der Waals surface area contributed by atoms with Gasteiger partial charge in [0.15, 0.2) is 5.69 Å². The fourth-order valence-electron chi connectivity index (χ4n) is 3.19. The van der Waals surface area contributed by atoms with E-state index in [4.69, 9.17) is 11.6 Å². The van der Waals surface area contributed by atoms with Crippen LogP contribution in [0, 0.1) is 0 Å². The number of amides is 1. The minimum absolute atomic E-state index is 0. The second-order valence-electron chi connectivity index (χ2n) is 6.62. The van der Waals surface area contributed by atoms with Crippen molar-refractivity contribution in [1.82, 2.24) is 20.4 Å². The molecule has 2 aromatic rings. The van der Waals surface area contributed by atoms with Crippen LogP contribution < -0.4 is 10.6 Å². The Morgan fingerprint density at radius 2 is 1.92 bits per heavy atom. The van der Waals surface area contributed by atoms with E-state index in [0.29, 0.717) is 17.3 Å². The van der Waals surface area contributed by atoms with Crippen LogP contribution >= 0.6 is 24.0 Å². The molecule has 1 heterocycles. The molecule has 0 fully saturated rings. The number of halogens is 2. The number of rotatable bonds is 5. The number of likely N-dealkylation sites (N-methyl/N-ethyl adjacent to an activating group) is 1. The van der Waals surface area contributed by atoms with Crippen molar-refractivity contribution >= 4 is 29.9 Å². The van der Waals surface area contributed by atoms with Crippen molar-refractivity contribution in [3.8, 4) is 5.69 Å². The zero-order valence-electron chi connectivity index (χ0n) is 15.2. The highest BCUT2D eigenvalue weighted by Crippen LogP contribution is 2.27. The summed E-state index contributed by atoms with van der Waals surface area (Å²) in [6, 6.07) is 7.84. The van der Waals surface area contributed by atoms with Crippen LogP contribution in [0.15, 0.2) is 24.3 Å². The summed E-state index contributed by atoms with van der Waals surface area (Å²) in [7, 11) is 1.89. The van der Waals surface area contributed by atoms with E-state index in [1.807, 2.05) is 42.9 Å². The minimum Gasteiger partial charge on any atom is -0.349 e. The maximum atomic E-state index is 12.7. The van der Waals surface area contributed by atoms with Crippen LogP contribution in [-0.4, -0.2) is 35.3 Å². The van der Waals surface area contributed by atoms with Crippen molar-refractivity contribution < 1.29 is 4.79 Å². The largest absolute Gasteiger partial charge is 0.349 e. The van der Waals surface area contributed by atoms with E-state index < -0.39 is 0 Å². The normalized spacial score (nSPS) is 14.7. The fourth-order valence-corrected chi connectivity index (χ4v) is 3.31. The van der Waals surface area contributed by atoms with Crippen LogP contribution in [0.2, 0.25) is 5.02 Å². The van der Waals surface area contributed by atoms with E-state index in [0.717, 1.165) is 42.6 Å². The summed E-state index contributed by atoms with van der Waals surface area (Å²) in [4.78, 5) is 12.7. The summed E-state index contributed by atoms with van der Waals surface area (Å²) in [5.74, 6) is -0.0898. The van der Waals surface area contributed by atoms with Gasteiger partial charge in [0, 0.05) is 28.9 Å². The molecule has 0 saturated carbocycles. The third-order valence-corrected chi connectivity index (χ3v) is 5.03. The predicted molar refractivity (Wildman–Crippen MR) is 108 cm³/mol. The molecule has 5 nitrogen and oxygen atoms in total. The Labute approximate surface area is 165 Å². The van der Waals surface area contributed by atoms with Gasteiger partial charge in [-0.15, -0.1) is 12.4 Å². The molecule has 26 heavy (non-hydrogen) atoms. The average molecular weight is 397 g/mol. The van der Waals surface area contributed by atoms with Crippen molar-refractivity contribution in [1.29, 1.82) is 0 Å². The standard InChI is InChI=1S/C19H25ClN4O.ClH/c1-13(21-2)12-22-19(25)18-16-6-4-3-5-7-17(16)24(23-18)15-10-8-14(20)9-11-15;/h8-11,13,21H,3-7,12H2,1-2H3,(H,22,25);1H. The van der Waals surface area contributed by atoms with Gasteiger partial charge in [-0.1, -0.05) is 18.0 Å². The molecule has 0 aliphatic heterocycles. The molecule has 1 aliphatic rings. The fraction of sp³-hybridized carbons (Fsp3) is 0.474. The molecule has 0 radical (unpaired) electrons. The molecule has 1 unspecified atom stereocenters. The van der Waals surface area contributed by atoms with E-state index in [1.165, 1.54) is 6.42 Å². The van der Waals surface area contributed by atoms with Crippen LogP contribution in [0.3, 0.4) is 0 Å². The highest BCUT2D eigenvalue weighted by molar-refractivity contribution is 6.30. The van der Waals surface area contributed by atoms with Gasteiger partial charge < -0.3 is 10.6 Å². The van der Waals surface area contributed by atoms with Crippen molar-refractivity contribution in [2.24, 2.45) is 0 Å². The zero-order valence-corrected chi connectivity index (χ0v) is 16.8. The maximum absolute atomic E-state index is 12.7. The molecule has 1 amide bonds. The summed E-state index contributed by atoms with van der Waals surface area (Å²) in [6.45, 7) is 2.62. The van der Waals surface area contributed by atoms with Gasteiger partial charge in [0.1, 0.15) is 0 Å². The molecule has 0 saturated heterocycles. The van der Waals surface area contributed by atoms with Crippen molar-refractivity contribution in [2.75, 3.05) is 13.6 Å². The summed E-state index contributed by atoms with van der Waals surface area (Å²) in [5, 5.41) is 11.5. The summed E-state index contributed by atoms with van der Waals surface area (Å²) in [6.07, 6.45) is 5.28. The number of hydrogen-bond acceptors (Lipinski definition) is 3. The topological polar surface area (TPSA) is 58.9 Å². The van der Waals surface area contributed by atoms with Crippen LogP contribution in [0.4, 0.5) is 0 Å². The number of fused-ring (bicyclic) bond motifs is 1. The van der Waals surface area contributed by atoms with Gasteiger partial charge in [-0.05, 0) is 63.9 Å². The molecule has 7 heteroatoms. The van der Waals surface area contributed by atoms with Crippen molar-refractivity contribution in [3.63, 3.8) is 0 Å². The first-order valence-corrected chi connectivity index (χ1v) is 9.30. The lowest BCUT2D eigenvalue weighted by Gasteiger charge is -2.11. The van der Waals surface area contributed by atoms with Crippen LogP contribution in [0.5, 0.6) is 0 Å². The van der Waals surface area contributed by atoms with E-state index >= 15 is 0 Å². The molecule has 1 aromatic heterocycles. The smallest absolute Gasteiger partial charge is 0.272 e. The van der Waals surface area contributed by atoms with Crippen molar-refractivity contribution in [2.45, 2.75) is 45.1 Å². The monoisotopic (exact) mass is 396 g/mol. The van der Waals surface area contributed by atoms with E-state index in [2.05, 4.69) is 15.7 Å². The van der Waals surface area contributed by atoms with Gasteiger partial charge in [-0.3, -0.25) is 4.79 Å². The molecule has 2 N–H and O–H groups in total. The number of carbonyl (C=O) groups excluding carboxylic acids is 1. The van der Waals surface area contributed by atoms with Gasteiger partial charge in [-0.25, -0.2) is 4.68 Å². The summed E-state index contributed by atoms with van der Waals surface area (Å²) < 4.78 is 1.92. The number of benzene rings is 1. The number of nitrogens with one attached hydrogen (secondary N) is 2. The first-order chi connectivity index (χ1) is 12.1. The minimum atomic E-state index is -0.0898. The molecule has 0 bridgehead atoms. The molecule has 1 aliphatic carbocycles. The number of aromatic nitrogens is 2. The van der Waals surface area contributed by atoms with Gasteiger partial charge in [0.05, 0.1) is 5.69 Å². The second kappa shape index (κ2) is 9.40. The lowest BCUT2D eigenvalue weighted by atomic mass is 10.1. The molecule has 0 spiro atoms. The predicted octanol–water partition coefficient (Wildman–Crippen LogP) is 3.55.